The second-order valence-corrected chi connectivity index (χ2v) is 8.09. The molecule has 0 aliphatic heterocycles. The monoisotopic (exact) mass is 363 g/mol. The first-order valence-corrected chi connectivity index (χ1v) is 11.9. The predicted octanol–water partition coefficient (Wildman–Crippen LogP) is 7.23. The minimum Gasteiger partial charge on any atom is -0.234 e. The first-order chi connectivity index (χ1) is 12.8. The maximum Gasteiger partial charge on any atom is 0.256 e. The van der Waals surface area contributed by atoms with Gasteiger partial charge < -0.3 is 0 Å². The third kappa shape index (κ3) is 10.4. The molecule has 0 aliphatic carbocycles. The second kappa shape index (κ2) is 16.4. The van der Waals surface area contributed by atoms with E-state index in [1.54, 1.807) is 5.82 Å². The van der Waals surface area contributed by atoms with Crippen LogP contribution >= 0.6 is 0 Å². The van der Waals surface area contributed by atoms with E-state index in [1.807, 2.05) is 0 Å². The fraction of sp³-hybridized carbons (Fsp3) is 0.875. The number of hydrogen-bond donors (Lipinski definition) is 0. The van der Waals surface area contributed by atoms with Crippen LogP contribution in [0.25, 0.3) is 0 Å². The molecule has 0 spiro atoms. The molecule has 0 unspecified atom stereocenters. The van der Waals surface area contributed by atoms with Crippen molar-refractivity contribution in [1.82, 2.24) is 4.57 Å². The van der Waals surface area contributed by atoms with Gasteiger partial charge in [0.05, 0.1) is 13.1 Å². The first kappa shape index (κ1) is 23.2. The van der Waals surface area contributed by atoms with E-state index in [9.17, 15) is 0 Å². The van der Waals surface area contributed by atoms with Crippen molar-refractivity contribution in [3.05, 3.63) is 18.2 Å². The molecule has 1 heterocycles. The first-order valence-electron chi connectivity index (χ1n) is 11.9. The van der Waals surface area contributed by atoms with E-state index in [-0.39, 0.29) is 0 Å². The summed E-state index contributed by atoms with van der Waals surface area (Å²) in [6.07, 6.45) is 26.6. The van der Waals surface area contributed by atoms with Crippen molar-refractivity contribution < 1.29 is 4.57 Å². The minimum absolute atomic E-state index is 1.22. The van der Waals surface area contributed by atoms with E-state index in [0.29, 0.717) is 0 Å². The van der Waals surface area contributed by atoms with E-state index in [4.69, 9.17) is 0 Å². The molecule has 0 saturated heterocycles. The lowest BCUT2D eigenvalue weighted by Crippen LogP contribution is -2.37. The summed E-state index contributed by atoms with van der Waals surface area (Å²) < 4.78 is 5.12. The molecule has 0 fully saturated rings. The van der Waals surface area contributed by atoms with Gasteiger partial charge in [0, 0.05) is 6.42 Å². The number of nitrogens with zero attached hydrogens (tertiary/aromatic N) is 2. The van der Waals surface area contributed by atoms with Gasteiger partial charge in [-0.15, -0.1) is 0 Å². The quantitative estimate of drug-likeness (QED) is 0.192. The Morgan fingerprint density at radius 2 is 1.19 bits per heavy atom. The molecule has 0 bridgehead atoms. The SMILES string of the molecule is CCCCCCCCCn1cc[n+](CCCCCCC)c1CCCCC. The standard InChI is InChI=1S/C24H47N2/c1-4-7-10-12-13-15-18-21-26-23-22-25(20-17-14-11-8-5-2)24(26)19-16-9-6-3/h22-23H,4-21H2,1-3H3/q+1. The summed E-state index contributed by atoms with van der Waals surface area (Å²) in [5.74, 6) is 1.58. The summed E-state index contributed by atoms with van der Waals surface area (Å²) in [6.45, 7) is 9.34. The van der Waals surface area contributed by atoms with Gasteiger partial charge in [0.25, 0.3) is 5.82 Å². The van der Waals surface area contributed by atoms with E-state index in [0.717, 1.165) is 0 Å². The van der Waals surface area contributed by atoms with Crippen LogP contribution < -0.4 is 4.57 Å². The zero-order valence-electron chi connectivity index (χ0n) is 18.3. The molecule has 0 atom stereocenters. The fourth-order valence-electron chi connectivity index (χ4n) is 3.85. The number of hydrogen-bond acceptors (Lipinski definition) is 0. The summed E-state index contributed by atoms with van der Waals surface area (Å²) in [7, 11) is 0. The van der Waals surface area contributed by atoms with Gasteiger partial charge in [0.15, 0.2) is 0 Å². The van der Waals surface area contributed by atoms with Gasteiger partial charge in [-0.3, -0.25) is 0 Å². The van der Waals surface area contributed by atoms with E-state index in [1.165, 1.54) is 116 Å². The molecule has 2 heteroatoms. The highest BCUT2D eigenvalue weighted by atomic mass is 15.1. The van der Waals surface area contributed by atoms with Crippen LogP contribution in [0, 0.1) is 0 Å². The Hall–Kier alpha value is -0.790. The van der Waals surface area contributed by atoms with Crippen molar-refractivity contribution in [3.63, 3.8) is 0 Å². The van der Waals surface area contributed by atoms with Crippen LogP contribution in [0.2, 0.25) is 0 Å². The second-order valence-electron chi connectivity index (χ2n) is 8.09. The molecule has 1 aromatic rings. The highest BCUT2D eigenvalue weighted by Crippen LogP contribution is 2.11. The van der Waals surface area contributed by atoms with E-state index < -0.39 is 0 Å². The van der Waals surface area contributed by atoms with E-state index in [2.05, 4.69) is 42.3 Å². The van der Waals surface area contributed by atoms with Crippen LogP contribution in [0.1, 0.15) is 123 Å². The summed E-state index contributed by atoms with van der Waals surface area (Å²) in [5, 5.41) is 0. The number of unbranched alkanes of at least 4 members (excludes halogenated alkanes) is 12. The Labute approximate surface area is 164 Å². The number of imidazole rings is 1. The summed E-state index contributed by atoms with van der Waals surface area (Å²) >= 11 is 0. The Bertz CT molecular complexity index is 422. The molecule has 0 N–H and O–H groups in total. The van der Waals surface area contributed by atoms with Crippen LogP contribution in [-0.2, 0) is 19.5 Å². The highest BCUT2D eigenvalue weighted by molar-refractivity contribution is 4.84. The molecule has 0 amide bonds. The van der Waals surface area contributed by atoms with Crippen LogP contribution in [0.3, 0.4) is 0 Å². The topological polar surface area (TPSA) is 8.81 Å². The summed E-state index contributed by atoms with van der Waals surface area (Å²) in [5.41, 5.74) is 0. The average Bonchev–Trinajstić information content (AvgIpc) is 3.03. The largest absolute Gasteiger partial charge is 0.256 e. The van der Waals surface area contributed by atoms with Gasteiger partial charge in [0.2, 0.25) is 0 Å². The zero-order chi connectivity index (χ0) is 18.9. The predicted molar refractivity (Wildman–Crippen MR) is 115 cm³/mol. The number of aromatic nitrogens is 2. The molecule has 2 nitrogen and oxygen atoms in total. The van der Waals surface area contributed by atoms with Crippen molar-refractivity contribution >= 4 is 0 Å². The van der Waals surface area contributed by atoms with Crippen LogP contribution in [0.15, 0.2) is 12.4 Å². The van der Waals surface area contributed by atoms with Gasteiger partial charge in [-0.25, -0.2) is 9.13 Å². The third-order valence-electron chi connectivity index (χ3n) is 5.60. The fourth-order valence-corrected chi connectivity index (χ4v) is 3.85. The Morgan fingerprint density at radius 1 is 0.654 bits per heavy atom. The lowest BCUT2D eigenvalue weighted by Gasteiger charge is -2.06. The molecule has 0 aliphatic rings. The lowest BCUT2D eigenvalue weighted by atomic mass is 10.1. The summed E-state index contributed by atoms with van der Waals surface area (Å²) in [4.78, 5) is 0. The number of aryl methyl sites for hydroxylation is 2. The third-order valence-corrected chi connectivity index (χ3v) is 5.60. The molecule has 26 heavy (non-hydrogen) atoms. The number of rotatable bonds is 18. The average molecular weight is 364 g/mol. The van der Waals surface area contributed by atoms with Gasteiger partial charge in [-0.05, 0) is 32.1 Å². The zero-order valence-corrected chi connectivity index (χ0v) is 18.3. The molecule has 152 valence electrons. The normalized spacial score (nSPS) is 11.3. The Morgan fingerprint density at radius 3 is 1.85 bits per heavy atom. The molecular weight excluding hydrogens is 316 g/mol. The summed E-state index contributed by atoms with van der Waals surface area (Å²) in [6, 6.07) is 0. The maximum absolute atomic E-state index is 2.56. The van der Waals surface area contributed by atoms with Crippen molar-refractivity contribution in [3.8, 4) is 0 Å². The lowest BCUT2D eigenvalue weighted by molar-refractivity contribution is -0.704. The molecular formula is C24H47N2+. The van der Waals surface area contributed by atoms with Crippen molar-refractivity contribution in [2.75, 3.05) is 0 Å². The van der Waals surface area contributed by atoms with Crippen molar-refractivity contribution in [1.29, 1.82) is 0 Å². The Balaban J connectivity index is 2.41. The minimum atomic E-state index is 1.22. The smallest absolute Gasteiger partial charge is 0.234 e. The molecule has 0 radical (unpaired) electrons. The van der Waals surface area contributed by atoms with Gasteiger partial charge in [-0.2, -0.15) is 0 Å². The van der Waals surface area contributed by atoms with Crippen LogP contribution in [-0.4, -0.2) is 4.57 Å². The van der Waals surface area contributed by atoms with Crippen LogP contribution in [0.5, 0.6) is 0 Å². The van der Waals surface area contributed by atoms with Crippen molar-refractivity contribution in [2.45, 2.75) is 137 Å². The Kier molecular flexibility index (Phi) is 14.7. The molecule has 1 aromatic heterocycles. The van der Waals surface area contributed by atoms with Gasteiger partial charge >= 0.3 is 0 Å². The van der Waals surface area contributed by atoms with Gasteiger partial charge in [0.1, 0.15) is 12.4 Å². The molecule has 1 rings (SSSR count). The van der Waals surface area contributed by atoms with E-state index >= 15 is 0 Å². The molecule has 0 saturated carbocycles. The molecule has 0 aromatic carbocycles. The highest BCUT2D eigenvalue weighted by Gasteiger charge is 2.16. The maximum atomic E-state index is 2.56. The van der Waals surface area contributed by atoms with Gasteiger partial charge in [-0.1, -0.05) is 85.0 Å². The van der Waals surface area contributed by atoms with Crippen molar-refractivity contribution in [2.24, 2.45) is 0 Å². The van der Waals surface area contributed by atoms with Crippen LogP contribution in [0.4, 0.5) is 0 Å².